The number of fused-ring (bicyclic) bond motifs is 1. The van der Waals surface area contributed by atoms with Crippen LogP contribution in [-0.4, -0.2) is 28.4 Å². The van der Waals surface area contributed by atoms with Crippen molar-refractivity contribution in [2.75, 3.05) is 6.61 Å². The number of rotatable bonds is 5. The smallest absolute Gasteiger partial charge is 0.292 e. The molecule has 23 heavy (non-hydrogen) atoms. The summed E-state index contributed by atoms with van der Waals surface area (Å²) in [6.07, 6.45) is 2.93. The van der Waals surface area contributed by atoms with Crippen LogP contribution in [0.1, 0.15) is 47.6 Å². The molecule has 1 aromatic heterocycles. The molecule has 1 aliphatic carbocycles. The summed E-state index contributed by atoms with van der Waals surface area (Å²) in [4.78, 5) is 12.2. The van der Waals surface area contributed by atoms with Gasteiger partial charge in [-0.3, -0.25) is 9.89 Å². The van der Waals surface area contributed by atoms with Gasteiger partial charge in [-0.15, -0.1) is 0 Å². The highest BCUT2D eigenvalue weighted by Crippen LogP contribution is 2.22. The van der Waals surface area contributed by atoms with Crippen molar-refractivity contribution in [2.45, 2.75) is 33.1 Å². The number of benzene rings is 1. The first kappa shape index (κ1) is 15.3. The Bertz CT molecular complexity index is 732. The zero-order valence-corrected chi connectivity index (χ0v) is 13.3. The van der Waals surface area contributed by atoms with Crippen LogP contribution in [0.4, 0.5) is 0 Å². The van der Waals surface area contributed by atoms with Gasteiger partial charge in [0.2, 0.25) is 0 Å². The second-order valence-electron chi connectivity index (χ2n) is 5.48. The predicted octanol–water partition coefficient (Wildman–Crippen LogP) is 2.45. The normalized spacial score (nSPS) is 13.7. The molecule has 0 bridgehead atoms. The van der Waals surface area contributed by atoms with Crippen molar-refractivity contribution in [2.24, 2.45) is 5.10 Å². The molecule has 0 saturated heterocycles. The zero-order valence-electron chi connectivity index (χ0n) is 13.3. The first-order valence-electron chi connectivity index (χ1n) is 7.83. The van der Waals surface area contributed by atoms with Gasteiger partial charge in [0, 0.05) is 11.3 Å². The van der Waals surface area contributed by atoms with E-state index in [0.717, 1.165) is 47.5 Å². The lowest BCUT2D eigenvalue weighted by molar-refractivity contribution is 0.0949. The molecule has 6 heteroatoms. The molecule has 3 rings (SSSR count). The molecule has 1 amide bonds. The molecule has 0 aliphatic heterocycles. The van der Waals surface area contributed by atoms with Crippen LogP contribution < -0.4 is 10.2 Å². The van der Waals surface area contributed by atoms with Crippen molar-refractivity contribution in [3.8, 4) is 5.75 Å². The van der Waals surface area contributed by atoms with Crippen molar-refractivity contribution in [3.05, 3.63) is 46.8 Å². The van der Waals surface area contributed by atoms with Crippen LogP contribution in [-0.2, 0) is 12.8 Å². The number of amides is 1. The van der Waals surface area contributed by atoms with Crippen molar-refractivity contribution in [1.82, 2.24) is 15.6 Å². The van der Waals surface area contributed by atoms with Gasteiger partial charge in [0.1, 0.15) is 5.75 Å². The fourth-order valence-corrected chi connectivity index (χ4v) is 2.72. The first-order valence-corrected chi connectivity index (χ1v) is 7.83. The van der Waals surface area contributed by atoms with Crippen molar-refractivity contribution in [1.29, 1.82) is 0 Å². The van der Waals surface area contributed by atoms with Crippen LogP contribution in [0.2, 0.25) is 0 Å². The van der Waals surface area contributed by atoms with E-state index < -0.39 is 0 Å². The van der Waals surface area contributed by atoms with E-state index >= 15 is 0 Å². The summed E-state index contributed by atoms with van der Waals surface area (Å²) in [6.45, 7) is 4.43. The topological polar surface area (TPSA) is 79.4 Å². The Balaban J connectivity index is 1.67. The van der Waals surface area contributed by atoms with E-state index in [2.05, 4.69) is 20.7 Å². The summed E-state index contributed by atoms with van der Waals surface area (Å²) in [5.74, 6) is 0.551. The minimum absolute atomic E-state index is 0.269. The van der Waals surface area contributed by atoms with Crippen LogP contribution in [0.3, 0.4) is 0 Å². The number of carbonyl (C=O) groups excluding carboxylic acids is 1. The second kappa shape index (κ2) is 6.64. The maximum atomic E-state index is 12.2. The van der Waals surface area contributed by atoms with E-state index in [4.69, 9.17) is 4.74 Å². The SMILES string of the molecule is CCOc1ccc(/C(C)=N\NC(=O)c2n[nH]c3c2CCC3)cc1. The van der Waals surface area contributed by atoms with Gasteiger partial charge in [0.05, 0.1) is 12.3 Å². The number of H-pyrrole nitrogens is 1. The number of hydrogen-bond acceptors (Lipinski definition) is 4. The molecule has 0 fully saturated rings. The molecule has 0 unspecified atom stereocenters. The maximum Gasteiger partial charge on any atom is 0.292 e. The Labute approximate surface area is 134 Å². The average Bonchev–Trinajstić information content (AvgIpc) is 3.16. The van der Waals surface area contributed by atoms with Gasteiger partial charge in [-0.25, -0.2) is 5.43 Å². The lowest BCUT2D eigenvalue weighted by Gasteiger charge is -2.05. The summed E-state index contributed by atoms with van der Waals surface area (Å²) < 4.78 is 5.41. The summed E-state index contributed by atoms with van der Waals surface area (Å²) in [5, 5.41) is 11.2. The van der Waals surface area contributed by atoms with Gasteiger partial charge < -0.3 is 4.74 Å². The summed E-state index contributed by atoms with van der Waals surface area (Å²) in [7, 11) is 0. The van der Waals surface area contributed by atoms with E-state index in [9.17, 15) is 4.79 Å². The Hall–Kier alpha value is -2.63. The third kappa shape index (κ3) is 3.26. The van der Waals surface area contributed by atoms with Gasteiger partial charge >= 0.3 is 0 Å². The Kier molecular flexibility index (Phi) is 4.41. The molecular weight excluding hydrogens is 292 g/mol. The highest BCUT2D eigenvalue weighted by atomic mass is 16.5. The Morgan fingerprint density at radius 2 is 2.13 bits per heavy atom. The van der Waals surface area contributed by atoms with Crippen LogP contribution in [0.15, 0.2) is 29.4 Å². The van der Waals surface area contributed by atoms with Crippen LogP contribution in [0.25, 0.3) is 0 Å². The standard InChI is InChI=1S/C17H20N4O2/c1-3-23-13-9-7-12(8-10-13)11(2)18-21-17(22)16-14-5-4-6-15(14)19-20-16/h7-10H,3-6H2,1-2H3,(H,19,20)(H,21,22)/b18-11-. The molecular formula is C17H20N4O2. The number of aryl methyl sites for hydroxylation is 1. The highest BCUT2D eigenvalue weighted by Gasteiger charge is 2.22. The first-order chi connectivity index (χ1) is 11.2. The number of carbonyl (C=O) groups is 1. The van der Waals surface area contributed by atoms with Crippen LogP contribution in [0.5, 0.6) is 5.75 Å². The zero-order chi connectivity index (χ0) is 16.2. The van der Waals surface area contributed by atoms with Crippen molar-refractivity contribution < 1.29 is 9.53 Å². The number of ether oxygens (including phenoxy) is 1. The number of hydrazone groups is 1. The number of aromatic amines is 1. The number of nitrogens with zero attached hydrogens (tertiary/aromatic N) is 2. The fourth-order valence-electron chi connectivity index (χ4n) is 2.72. The molecule has 0 saturated carbocycles. The van der Waals surface area contributed by atoms with Gasteiger partial charge in [-0.2, -0.15) is 10.2 Å². The minimum atomic E-state index is -0.269. The predicted molar refractivity (Wildman–Crippen MR) is 87.9 cm³/mol. The summed E-state index contributed by atoms with van der Waals surface area (Å²) in [5.41, 5.74) is 6.80. The van der Waals surface area contributed by atoms with Crippen LogP contribution in [0, 0.1) is 0 Å². The molecule has 1 aliphatic rings. The van der Waals surface area contributed by atoms with Crippen molar-refractivity contribution >= 4 is 11.6 Å². The molecule has 2 N–H and O–H groups in total. The lowest BCUT2D eigenvalue weighted by Crippen LogP contribution is -2.21. The van der Waals surface area contributed by atoms with E-state index in [0.29, 0.717) is 12.3 Å². The summed E-state index contributed by atoms with van der Waals surface area (Å²) >= 11 is 0. The quantitative estimate of drug-likeness (QED) is 0.657. The van der Waals surface area contributed by atoms with Crippen LogP contribution >= 0.6 is 0 Å². The third-order valence-corrected chi connectivity index (χ3v) is 3.93. The largest absolute Gasteiger partial charge is 0.494 e. The molecule has 0 radical (unpaired) electrons. The summed E-state index contributed by atoms with van der Waals surface area (Å²) in [6, 6.07) is 7.62. The minimum Gasteiger partial charge on any atom is -0.494 e. The van der Waals surface area contributed by atoms with Gasteiger partial charge in [0.25, 0.3) is 5.91 Å². The van der Waals surface area contributed by atoms with Gasteiger partial charge in [-0.05, 0) is 62.9 Å². The number of aromatic nitrogens is 2. The lowest BCUT2D eigenvalue weighted by atomic mass is 10.1. The second-order valence-corrected chi connectivity index (χ2v) is 5.48. The number of nitrogens with one attached hydrogen (secondary N) is 2. The van der Waals surface area contributed by atoms with E-state index in [1.54, 1.807) is 0 Å². The Morgan fingerprint density at radius 1 is 1.35 bits per heavy atom. The fraction of sp³-hybridized carbons (Fsp3) is 0.353. The molecule has 0 atom stereocenters. The van der Waals surface area contributed by atoms with Crippen molar-refractivity contribution in [3.63, 3.8) is 0 Å². The molecule has 1 heterocycles. The molecule has 120 valence electrons. The molecule has 1 aromatic carbocycles. The van der Waals surface area contributed by atoms with E-state index in [1.807, 2.05) is 38.1 Å². The van der Waals surface area contributed by atoms with Gasteiger partial charge in [-0.1, -0.05) is 0 Å². The molecule has 6 nitrogen and oxygen atoms in total. The van der Waals surface area contributed by atoms with E-state index in [1.165, 1.54) is 0 Å². The van der Waals surface area contributed by atoms with Gasteiger partial charge in [0.15, 0.2) is 5.69 Å². The van der Waals surface area contributed by atoms with E-state index in [-0.39, 0.29) is 5.91 Å². The Morgan fingerprint density at radius 3 is 2.87 bits per heavy atom. The highest BCUT2D eigenvalue weighted by molar-refractivity contribution is 6.00. The molecule has 0 spiro atoms. The average molecular weight is 312 g/mol. The third-order valence-electron chi connectivity index (χ3n) is 3.93. The maximum absolute atomic E-state index is 12.2. The monoisotopic (exact) mass is 312 g/mol. The molecule has 2 aromatic rings. The number of hydrogen-bond donors (Lipinski definition) is 2.